The van der Waals surface area contributed by atoms with Crippen LogP contribution in [0.15, 0.2) is 42.7 Å². The van der Waals surface area contributed by atoms with E-state index in [1.54, 1.807) is 23.3 Å². The van der Waals surface area contributed by atoms with Crippen LogP contribution >= 0.6 is 0 Å². The molecule has 146 valence electrons. The van der Waals surface area contributed by atoms with E-state index in [9.17, 15) is 5.26 Å². The third kappa shape index (κ3) is 2.76. The number of rotatable bonds is 4. The quantitative estimate of drug-likeness (QED) is 0.540. The fourth-order valence-corrected chi connectivity index (χ4v) is 4.12. The Bertz CT molecular complexity index is 1330. The van der Waals surface area contributed by atoms with Crippen LogP contribution in [0.4, 0.5) is 5.82 Å². The van der Waals surface area contributed by atoms with Crippen LogP contribution in [-0.2, 0) is 5.54 Å². The molecule has 0 atom stereocenters. The first-order chi connectivity index (χ1) is 14.6. The maximum absolute atomic E-state index is 9.29. The van der Waals surface area contributed by atoms with Gasteiger partial charge in [-0.1, -0.05) is 6.07 Å². The number of nitriles is 2. The van der Waals surface area contributed by atoms with Crippen molar-refractivity contribution in [1.29, 1.82) is 10.5 Å². The average molecular weight is 395 g/mol. The van der Waals surface area contributed by atoms with Crippen molar-refractivity contribution in [3.05, 3.63) is 42.7 Å². The van der Waals surface area contributed by atoms with E-state index < -0.39 is 5.54 Å². The fourth-order valence-electron chi connectivity index (χ4n) is 4.12. The van der Waals surface area contributed by atoms with Gasteiger partial charge in [0.2, 0.25) is 0 Å². The summed E-state index contributed by atoms with van der Waals surface area (Å²) in [6.07, 6.45) is 4.88. The van der Waals surface area contributed by atoms with Crippen LogP contribution < -0.4 is 5.73 Å². The number of nitrogens with two attached hydrogens (primary N) is 1. The van der Waals surface area contributed by atoms with E-state index in [1.807, 2.05) is 24.3 Å². The summed E-state index contributed by atoms with van der Waals surface area (Å²) in [6.45, 7) is 0. The summed E-state index contributed by atoms with van der Waals surface area (Å²) in [4.78, 5) is 6.11. The van der Waals surface area contributed by atoms with Crippen LogP contribution in [0.3, 0.4) is 0 Å². The summed E-state index contributed by atoms with van der Waals surface area (Å²) < 4.78 is 0. The highest BCUT2D eigenvalue weighted by molar-refractivity contribution is 5.96. The molecule has 0 saturated heterocycles. The minimum absolute atomic E-state index is 0.0630. The molecule has 1 aromatic carbocycles. The molecule has 3 heterocycles. The molecule has 9 nitrogen and oxygen atoms in total. The van der Waals surface area contributed by atoms with Gasteiger partial charge in [-0.05, 0) is 31.0 Å². The van der Waals surface area contributed by atoms with Crippen LogP contribution in [0, 0.1) is 28.6 Å². The molecule has 1 fully saturated rings. The zero-order valence-corrected chi connectivity index (χ0v) is 15.9. The second-order valence-corrected chi connectivity index (χ2v) is 7.61. The Morgan fingerprint density at radius 2 is 2.13 bits per heavy atom. The smallest absolute Gasteiger partial charge is 0.145 e. The summed E-state index contributed by atoms with van der Waals surface area (Å²) in [6, 6.07) is 14.1. The number of nitrogen functional groups attached to an aromatic ring is 1. The largest absolute Gasteiger partial charge is 0.382 e. The monoisotopic (exact) mass is 395 g/mol. The lowest BCUT2D eigenvalue weighted by molar-refractivity contribution is 0.0713. The van der Waals surface area contributed by atoms with Crippen molar-refractivity contribution in [2.24, 2.45) is 5.92 Å². The number of anilines is 1. The molecule has 1 aliphatic carbocycles. The molecular formula is C21H17N9. The van der Waals surface area contributed by atoms with Gasteiger partial charge in [0, 0.05) is 28.8 Å². The highest BCUT2D eigenvalue weighted by Gasteiger charge is 2.48. The van der Waals surface area contributed by atoms with Crippen molar-refractivity contribution in [3.63, 3.8) is 0 Å². The predicted molar refractivity (Wildman–Crippen MR) is 109 cm³/mol. The van der Waals surface area contributed by atoms with Crippen molar-refractivity contribution in [2.75, 3.05) is 5.73 Å². The Kier molecular flexibility index (Phi) is 3.97. The number of nitrogens with one attached hydrogen (secondary N) is 1. The predicted octanol–water partition coefficient (Wildman–Crippen LogP) is 3.01. The van der Waals surface area contributed by atoms with E-state index in [-0.39, 0.29) is 12.3 Å². The maximum atomic E-state index is 9.29. The number of hydrogen-bond acceptors (Lipinski definition) is 7. The lowest BCUT2D eigenvalue weighted by Gasteiger charge is -2.42. The summed E-state index contributed by atoms with van der Waals surface area (Å²) in [5, 5.41) is 35.5. The molecule has 5 rings (SSSR count). The van der Waals surface area contributed by atoms with Crippen molar-refractivity contribution >= 4 is 16.7 Å². The van der Waals surface area contributed by atoms with Gasteiger partial charge in [-0.2, -0.15) is 30.6 Å². The molecule has 0 bridgehead atoms. The van der Waals surface area contributed by atoms with Crippen molar-refractivity contribution in [3.8, 4) is 34.7 Å². The van der Waals surface area contributed by atoms with Crippen LogP contribution in [-0.4, -0.2) is 30.2 Å². The number of benzene rings is 1. The number of H-pyrrole nitrogens is 1. The first-order valence-corrected chi connectivity index (χ1v) is 9.52. The van der Waals surface area contributed by atoms with E-state index in [4.69, 9.17) is 16.1 Å². The molecule has 1 aliphatic rings. The van der Waals surface area contributed by atoms with Crippen LogP contribution in [0.25, 0.3) is 33.4 Å². The molecule has 3 N–H and O–H groups in total. The molecule has 0 radical (unpaired) electrons. The number of fused-ring (bicyclic) bond motifs is 1. The lowest BCUT2D eigenvalue weighted by atomic mass is 9.68. The van der Waals surface area contributed by atoms with Crippen LogP contribution in [0.2, 0.25) is 0 Å². The Hall–Kier alpha value is -4.24. The number of aromatic amines is 1. The van der Waals surface area contributed by atoms with Crippen molar-refractivity contribution < 1.29 is 0 Å². The SMILES string of the molecule is N#CCC1(n2ncc(-c3cc(-c4cc(N)n[nH]4)cc4ncccc34)n2)CC(C#N)C1. The standard InChI is InChI=1S/C21H17N9/c22-4-3-21(9-13(10-21)11-23)30-26-12-19(29-30)16-6-14(17-8-20(24)28-27-17)7-18-15(16)2-1-5-25-18/h1-2,5-8,12-13H,3,9-10H2,(H3,24,27,28). The number of hydrogen-bond donors (Lipinski definition) is 2. The van der Waals surface area contributed by atoms with Gasteiger partial charge in [0.25, 0.3) is 0 Å². The van der Waals surface area contributed by atoms with Gasteiger partial charge in [-0.25, -0.2) is 0 Å². The highest BCUT2D eigenvalue weighted by Crippen LogP contribution is 2.45. The Morgan fingerprint density at radius 3 is 2.87 bits per heavy atom. The second kappa shape index (κ2) is 6.68. The van der Waals surface area contributed by atoms with E-state index >= 15 is 0 Å². The molecular weight excluding hydrogens is 378 g/mol. The Morgan fingerprint density at radius 1 is 1.27 bits per heavy atom. The van der Waals surface area contributed by atoms with Gasteiger partial charge in [0.05, 0.1) is 47.4 Å². The molecule has 30 heavy (non-hydrogen) atoms. The van der Waals surface area contributed by atoms with Crippen molar-refractivity contribution in [1.82, 2.24) is 30.2 Å². The summed E-state index contributed by atoms with van der Waals surface area (Å²) >= 11 is 0. The molecule has 4 aromatic rings. The Labute approximate surface area is 171 Å². The summed E-state index contributed by atoms with van der Waals surface area (Å²) in [7, 11) is 0. The van der Waals surface area contributed by atoms with Gasteiger partial charge < -0.3 is 5.73 Å². The molecule has 0 aliphatic heterocycles. The summed E-state index contributed by atoms with van der Waals surface area (Å²) in [5.41, 5.74) is 9.29. The van der Waals surface area contributed by atoms with Gasteiger partial charge in [-0.15, -0.1) is 0 Å². The van der Waals surface area contributed by atoms with Gasteiger partial charge >= 0.3 is 0 Å². The Balaban J connectivity index is 1.62. The zero-order chi connectivity index (χ0) is 20.7. The first-order valence-electron chi connectivity index (χ1n) is 9.52. The van der Waals surface area contributed by atoms with E-state index in [2.05, 4.69) is 32.4 Å². The lowest BCUT2D eigenvalue weighted by Crippen LogP contribution is -2.47. The zero-order valence-electron chi connectivity index (χ0n) is 15.9. The average Bonchev–Trinajstić information content (AvgIpc) is 3.39. The van der Waals surface area contributed by atoms with Gasteiger partial charge in [-0.3, -0.25) is 10.1 Å². The van der Waals surface area contributed by atoms with Gasteiger partial charge in [0.1, 0.15) is 11.5 Å². The third-order valence-electron chi connectivity index (χ3n) is 5.66. The normalized spacial score (nSPS) is 20.4. The van der Waals surface area contributed by atoms with Crippen molar-refractivity contribution in [2.45, 2.75) is 24.8 Å². The molecule has 3 aromatic heterocycles. The second-order valence-electron chi connectivity index (χ2n) is 7.61. The van der Waals surface area contributed by atoms with Gasteiger partial charge in [0.15, 0.2) is 0 Å². The number of aromatic nitrogens is 6. The molecule has 0 unspecified atom stereocenters. The molecule has 0 amide bonds. The molecule has 9 heteroatoms. The summed E-state index contributed by atoms with van der Waals surface area (Å²) in [5.74, 6) is 0.348. The van der Waals surface area contributed by atoms with E-state index in [0.29, 0.717) is 24.4 Å². The first kappa shape index (κ1) is 17.8. The minimum Gasteiger partial charge on any atom is -0.382 e. The van der Waals surface area contributed by atoms with E-state index in [0.717, 1.165) is 27.7 Å². The topological polar surface area (TPSA) is 146 Å². The van der Waals surface area contributed by atoms with Crippen LogP contribution in [0.5, 0.6) is 0 Å². The maximum Gasteiger partial charge on any atom is 0.145 e. The van der Waals surface area contributed by atoms with E-state index in [1.165, 1.54) is 0 Å². The third-order valence-corrected chi connectivity index (χ3v) is 5.66. The van der Waals surface area contributed by atoms with Crippen LogP contribution in [0.1, 0.15) is 19.3 Å². The number of pyridine rings is 1. The minimum atomic E-state index is -0.517. The number of nitrogens with zero attached hydrogens (tertiary/aromatic N) is 7. The molecule has 1 saturated carbocycles. The fraction of sp³-hybridized carbons (Fsp3) is 0.238. The highest BCUT2D eigenvalue weighted by atomic mass is 15.5. The molecule has 0 spiro atoms.